The minimum Gasteiger partial charge on any atom is -0.480 e. The summed E-state index contributed by atoms with van der Waals surface area (Å²) in [6, 6.07) is -0.914. The molecular formula is C11H17NO4. The van der Waals surface area contributed by atoms with Gasteiger partial charge in [-0.2, -0.15) is 0 Å². The van der Waals surface area contributed by atoms with Gasteiger partial charge in [0.25, 0.3) is 0 Å². The van der Waals surface area contributed by atoms with Crippen LogP contribution in [0, 0.1) is 5.92 Å². The molecule has 0 radical (unpaired) electrons. The standard InChI is InChI=1S/C11H17NO4/c1-4-8-5-9(13)12(6-8)10(11(14)15)7(2)16-3/h4,7-8,10H,1,5-6H2,2-3H3,(H,14,15)/t7-,8?,10+/m1/s1. The summed E-state index contributed by atoms with van der Waals surface area (Å²) >= 11 is 0. The van der Waals surface area contributed by atoms with E-state index in [-0.39, 0.29) is 11.8 Å². The second-order valence-electron chi connectivity index (χ2n) is 3.97. The van der Waals surface area contributed by atoms with E-state index in [1.54, 1.807) is 13.0 Å². The molecule has 5 nitrogen and oxygen atoms in total. The quantitative estimate of drug-likeness (QED) is 0.695. The van der Waals surface area contributed by atoms with Crippen molar-refractivity contribution in [3.63, 3.8) is 0 Å². The molecule has 1 saturated heterocycles. The van der Waals surface area contributed by atoms with Crippen molar-refractivity contribution < 1.29 is 19.4 Å². The van der Waals surface area contributed by atoms with Gasteiger partial charge in [-0.15, -0.1) is 6.58 Å². The normalized spacial score (nSPS) is 24.2. The molecule has 0 spiro atoms. The van der Waals surface area contributed by atoms with Crippen LogP contribution >= 0.6 is 0 Å². The van der Waals surface area contributed by atoms with Crippen LogP contribution in [0.25, 0.3) is 0 Å². The molecule has 0 saturated carbocycles. The van der Waals surface area contributed by atoms with Gasteiger partial charge in [-0.1, -0.05) is 6.08 Å². The summed E-state index contributed by atoms with van der Waals surface area (Å²) in [4.78, 5) is 24.2. The highest BCUT2D eigenvalue weighted by Crippen LogP contribution is 2.23. The van der Waals surface area contributed by atoms with Crippen LogP contribution in [0.4, 0.5) is 0 Å². The summed E-state index contributed by atoms with van der Waals surface area (Å²) in [6.45, 7) is 5.68. The van der Waals surface area contributed by atoms with Crippen molar-refractivity contribution in [2.24, 2.45) is 5.92 Å². The number of carbonyl (C=O) groups excluding carboxylic acids is 1. The molecule has 1 fully saturated rings. The second kappa shape index (κ2) is 5.12. The van der Waals surface area contributed by atoms with Crippen molar-refractivity contribution in [3.05, 3.63) is 12.7 Å². The second-order valence-corrected chi connectivity index (χ2v) is 3.97. The number of carbonyl (C=O) groups is 2. The Morgan fingerprint density at radius 3 is 2.75 bits per heavy atom. The Labute approximate surface area is 94.7 Å². The number of rotatable bonds is 5. The topological polar surface area (TPSA) is 66.8 Å². The first kappa shape index (κ1) is 12.7. The van der Waals surface area contributed by atoms with Gasteiger partial charge < -0.3 is 14.7 Å². The largest absolute Gasteiger partial charge is 0.480 e. The van der Waals surface area contributed by atoms with Crippen LogP contribution in [0.2, 0.25) is 0 Å². The predicted octanol–water partition coefficient (Wildman–Crippen LogP) is 0.509. The van der Waals surface area contributed by atoms with E-state index in [1.165, 1.54) is 12.0 Å². The first-order valence-electron chi connectivity index (χ1n) is 5.18. The van der Waals surface area contributed by atoms with E-state index in [2.05, 4.69) is 6.58 Å². The Balaban J connectivity index is 2.83. The lowest BCUT2D eigenvalue weighted by Crippen LogP contribution is -2.49. The highest BCUT2D eigenvalue weighted by molar-refractivity contribution is 5.85. The Bertz CT molecular complexity index is 302. The molecule has 16 heavy (non-hydrogen) atoms. The number of hydrogen-bond acceptors (Lipinski definition) is 3. The van der Waals surface area contributed by atoms with E-state index >= 15 is 0 Å². The predicted molar refractivity (Wildman–Crippen MR) is 57.9 cm³/mol. The lowest BCUT2D eigenvalue weighted by atomic mass is 10.1. The summed E-state index contributed by atoms with van der Waals surface area (Å²) in [7, 11) is 1.44. The summed E-state index contributed by atoms with van der Waals surface area (Å²) in [5.74, 6) is -1.15. The van der Waals surface area contributed by atoms with Gasteiger partial charge in [0, 0.05) is 26.0 Å². The summed E-state index contributed by atoms with van der Waals surface area (Å²) in [6.07, 6.45) is 1.50. The fourth-order valence-electron chi connectivity index (χ4n) is 1.90. The van der Waals surface area contributed by atoms with Gasteiger partial charge in [0.2, 0.25) is 5.91 Å². The van der Waals surface area contributed by atoms with E-state index < -0.39 is 18.1 Å². The van der Waals surface area contributed by atoms with Crippen molar-refractivity contribution in [2.45, 2.75) is 25.5 Å². The first-order valence-corrected chi connectivity index (χ1v) is 5.18. The van der Waals surface area contributed by atoms with Crippen molar-refractivity contribution in [2.75, 3.05) is 13.7 Å². The van der Waals surface area contributed by atoms with Crippen molar-refractivity contribution in [3.8, 4) is 0 Å². The number of likely N-dealkylation sites (tertiary alicyclic amines) is 1. The molecule has 0 aromatic rings. The van der Waals surface area contributed by atoms with Crippen LogP contribution in [-0.4, -0.2) is 47.7 Å². The van der Waals surface area contributed by atoms with Crippen LogP contribution in [0.1, 0.15) is 13.3 Å². The Kier molecular flexibility index (Phi) is 4.06. The van der Waals surface area contributed by atoms with Crippen LogP contribution in [0.3, 0.4) is 0 Å². The van der Waals surface area contributed by atoms with Gasteiger partial charge in [-0.3, -0.25) is 4.79 Å². The summed E-state index contributed by atoms with van der Waals surface area (Å²) < 4.78 is 5.00. The van der Waals surface area contributed by atoms with Gasteiger partial charge in [0.05, 0.1) is 6.10 Å². The lowest BCUT2D eigenvalue weighted by molar-refractivity contribution is -0.153. The zero-order valence-corrected chi connectivity index (χ0v) is 9.55. The molecule has 0 aromatic carbocycles. The average molecular weight is 227 g/mol. The average Bonchev–Trinajstić information content (AvgIpc) is 2.59. The maximum Gasteiger partial charge on any atom is 0.329 e. The fourth-order valence-corrected chi connectivity index (χ4v) is 1.90. The third-order valence-corrected chi connectivity index (χ3v) is 2.93. The fraction of sp³-hybridized carbons (Fsp3) is 0.636. The number of aliphatic carboxylic acids is 1. The molecule has 5 heteroatoms. The molecule has 90 valence electrons. The number of ether oxygens (including phenoxy) is 1. The van der Waals surface area contributed by atoms with E-state index in [0.717, 1.165) is 0 Å². The molecule has 1 amide bonds. The molecular weight excluding hydrogens is 210 g/mol. The molecule has 1 heterocycles. The smallest absolute Gasteiger partial charge is 0.329 e. The van der Waals surface area contributed by atoms with Crippen molar-refractivity contribution in [1.82, 2.24) is 4.90 Å². The summed E-state index contributed by atoms with van der Waals surface area (Å²) in [5.41, 5.74) is 0. The van der Waals surface area contributed by atoms with Crippen LogP contribution in [0.15, 0.2) is 12.7 Å². The number of methoxy groups -OCH3 is 1. The maximum absolute atomic E-state index is 11.7. The van der Waals surface area contributed by atoms with Crippen LogP contribution in [0.5, 0.6) is 0 Å². The number of carboxylic acid groups (broad SMARTS) is 1. The summed E-state index contributed by atoms with van der Waals surface area (Å²) in [5, 5.41) is 9.11. The van der Waals surface area contributed by atoms with E-state index in [9.17, 15) is 9.59 Å². The number of hydrogen-bond donors (Lipinski definition) is 1. The Morgan fingerprint density at radius 2 is 2.38 bits per heavy atom. The van der Waals surface area contributed by atoms with Gasteiger partial charge in [0.15, 0.2) is 6.04 Å². The maximum atomic E-state index is 11.7. The molecule has 1 aliphatic rings. The Hall–Kier alpha value is -1.36. The van der Waals surface area contributed by atoms with Gasteiger partial charge in [-0.25, -0.2) is 4.79 Å². The molecule has 1 unspecified atom stereocenters. The Morgan fingerprint density at radius 1 is 1.75 bits per heavy atom. The molecule has 1 aliphatic heterocycles. The van der Waals surface area contributed by atoms with Gasteiger partial charge >= 0.3 is 5.97 Å². The lowest BCUT2D eigenvalue weighted by Gasteiger charge is -2.28. The molecule has 1 N–H and O–H groups in total. The van der Waals surface area contributed by atoms with Crippen molar-refractivity contribution in [1.29, 1.82) is 0 Å². The van der Waals surface area contributed by atoms with Gasteiger partial charge in [-0.05, 0) is 6.92 Å². The number of amides is 1. The highest BCUT2D eigenvalue weighted by atomic mass is 16.5. The van der Waals surface area contributed by atoms with Crippen molar-refractivity contribution >= 4 is 11.9 Å². The molecule has 3 atom stereocenters. The first-order chi connectivity index (χ1) is 7.51. The third kappa shape index (κ3) is 2.41. The van der Waals surface area contributed by atoms with E-state index in [4.69, 9.17) is 9.84 Å². The molecule has 0 bridgehead atoms. The van der Waals surface area contributed by atoms with Gasteiger partial charge in [0.1, 0.15) is 0 Å². The van der Waals surface area contributed by atoms with Crippen LogP contribution in [-0.2, 0) is 14.3 Å². The van der Waals surface area contributed by atoms with Crippen LogP contribution < -0.4 is 0 Å². The van der Waals surface area contributed by atoms with E-state index in [0.29, 0.717) is 13.0 Å². The monoisotopic (exact) mass is 227 g/mol. The minimum atomic E-state index is -1.03. The minimum absolute atomic E-state index is 0.0402. The number of nitrogens with zero attached hydrogens (tertiary/aromatic N) is 1. The zero-order valence-electron chi connectivity index (χ0n) is 9.55. The van der Waals surface area contributed by atoms with E-state index in [1.807, 2.05) is 0 Å². The highest BCUT2D eigenvalue weighted by Gasteiger charge is 2.39. The SMILES string of the molecule is C=CC1CC(=O)N([C@H](C(=O)O)[C@@H](C)OC)C1. The zero-order chi connectivity index (χ0) is 12.3. The molecule has 0 aliphatic carbocycles. The molecule has 1 rings (SSSR count). The third-order valence-electron chi connectivity index (χ3n) is 2.93. The number of carboxylic acids is 1. The molecule has 0 aromatic heterocycles.